The molecular weight excluding hydrogens is 486 g/mol. The van der Waals surface area contributed by atoms with Crippen molar-refractivity contribution in [3.63, 3.8) is 0 Å². The Kier molecular flexibility index (Phi) is 5.66. The van der Waals surface area contributed by atoms with E-state index in [9.17, 15) is 13.2 Å². The zero-order valence-corrected chi connectivity index (χ0v) is 19.6. The highest BCUT2D eigenvalue weighted by molar-refractivity contribution is 7.89. The van der Waals surface area contributed by atoms with Crippen molar-refractivity contribution < 1.29 is 22.7 Å². The minimum absolute atomic E-state index is 0.0883. The number of aromatic nitrogens is 1. The number of halogens is 1. The Morgan fingerprint density at radius 1 is 1.24 bits per heavy atom. The van der Waals surface area contributed by atoms with E-state index in [0.717, 1.165) is 10.2 Å². The molecule has 5 rings (SSSR count). The molecule has 1 unspecified atom stereocenters. The number of terminal acetylenes is 1. The molecule has 3 aromatic rings. The van der Waals surface area contributed by atoms with E-state index in [-0.39, 0.29) is 24.8 Å². The first kappa shape index (κ1) is 22.0. The highest BCUT2D eigenvalue weighted by Gasteiger charge is 2.39. The second-order valence-corrected chi connectivity index (χ2v) is 10.9. The van der Waals surface area contributed by atoms with Crippen LogP contribution in [0.3, 0.4) is 0 Å². The average molecular weight is 504 g/mol. The second-order valence-electron chi connectivity index (χ2n) is 7.53. The maximum Gasteiger partial charge on any atom is 0.266 e. The van der Waals surface area contributed by atoms with Crippen LogP contribution in [0.1, 0.15) is 12.8 Å². The normalized spacial score (nSPS) is 18.7. The van der Waals surface area contributed by atoms with Crippen molar-refractivity contribution in [1.82, 2.24) is 8.87 Å². The van der Waals surface area contributed by atoms with Crippen LogP contribution in [-0.4, -0.2) is 42.6 Å². The number of benzene rings is 2. The van der Waals surface area contributed by atoms with E-state index in [0.29, 0.717) is 34.2 Å². The molecule has 11 heteroatoms. The molecule has 8 nitrogen and oxygen atoms in total. The molecule has 0 aliphatic carbocycles. The SMILES string of the molecule is C#CCn1c(=NC(=O)C2CCCN2S(=O)(=O)c2ccc(Cl)cc2)sc2cc3c(cc21)OCO3. The molecule has 0 radical (unpaired) electrons. The molecule has 0 N–H and O–H groups in total. The van der Waals surface area contributed by atoms with Crippen molar-refractivity contribution in [3.05, 3.63) is 46.2 Å². The van der Waals surface area contributed by atoms with Crippen LogP contribution in [0.15, 0.2) is 46.3 Å². The Hall–Kier alpha value is -2.84. The molecule has 170 valence electrons. The van der Waals surface area contributed by atoms with Gasteiger partial charge in [-0.25, -0.2) is 8.42 Å². The Bertz CT molecular complexity index is 1470. The fraction of sp³-hybridized carbons (Fsp3) is 0.273. The molecule has 2 aliphatic heterocycles. The van der Waals surface area contributed by atoms with Gasteiger partial charge in [0, 0.05) is 23.7 Å². The van der Waals surface area contributed by atoms with E-state index >= 15 is 0 Å². The van der Waals surface area contributed by atoms with Gasteiger partial charge in [0.15, 0.2) is 16.3 Å². The van der Waals surface area contributed by atoms with Gasteiger partial charge in [-0.15, -0.1) is 6.42 Å². The average Bonchev–Trinajstić information content (AvgIpc) is 3.52. The fourth-order valence-electron chi connectivity index (χ4n) is 3.97. The van der Waals surface area contributed by atoms with Crippen LogP contribution in [0.5, 0.6) is 11.5 Å². The summed E-state index contributed by atoms with van der Waals surface area (Å²) in [5.41, 5.74) is 0.769. The Balaban J connectivity index is 1.53. The van der Waals surface area contributed by atoms with Gasteiger partial charge < -0.3 is 14.0 Å². The van der Waals surface area contributed by atoms with Crippen molar-refractivity contribution in [3.8, 4) is 23.8 Å². The number of thiazole rings is 1. The number of amides is 1. The maximum atomic E-state index is 13.2. The van der Waals surface area contributed by atoms with E-state index in [4.69, 9.17) is 27.5 Å². The summed E-state index contributed by atoms with van der Waals surface area (Å²) in [6, 6.07) is 8.64. The van der Waals surface area contributed by atoms with E-state index < -0.39 is 22.0 Å². The molecule has 2 aliphatic rings. The quantitative estimate of drug-likeness (QED) is 0.510. The molecule has 33 heavy (non-hydrogen) atoms. The lowest BCUT2D eigenvalue weighted by Crippen LogP contribution is -2.40. The number of hydrogen-bond acceptors (Lipinski definition) is 6. The van der Waals surface area contributed by atoms with Gasteiger partial charge in [0.2, 0.25) is 16.8 Å². The lowest BCUT2D eigenvalue weighted by atomic mass is 10.2. The summed E-state index contributed by atoms with van der Waals surface area (Å²) in [6.45, 7) is 0.593. The molecular formula is C22H18ClN3O5S2. The lowest BCUT2D eigenvalue weighted by Gasteiger charge is -2.21. The van der Waals surface area contributed by atoms with Crippen LogP contribution in [0, 0.1) is 12.3 Å². The first-order valence-corrected chi connectivity index (χ1v) is 12.7. The standard InChI is InChI=1S/C22H18ClN3O5S2/c1-2-9-25-17-11-18-19(31-13-30-18)12-20(17)32-22(25)24-21(27)16-4-3-10-26(16)33(28,29)15-7-5-14(23)6-8-15/h1,5-8,11-12,16H,3-4,9-10,13H2. The summed E-state index contributed by atoms with van der Waals surface area (Å²) in [6.07, 6.45) is 6.51. The van der Waals surface area contributed by atoms with E-state index in [1.165, 1.54) is 39.9 Å². The van der Waals surface area contributed by atoms with Gasteiger partial charge in [-0.1, -0.05) is 28.9 Å². The van der Waals surface area contributed by atoms with Gasteiger partial charge in [0.05, 0.1) is 21.7 Å². The molecule has 1 atom stereocenters. The molecule has 3 heterocycles. The summed E-state index contributed by atoms with van der Waals surface area (Å²) in [7, 11) is -3.87. The minimum atomic E-state index is -3.87. The zero-order chi connectivity index (χ0) is 23.2. The Morgan fingerprint density at radius 3 is 2.70 bits per heavy atom. The van der Waals surface area contributed by atoms with Crippen molar-refractivity contribution in [2.24, 2.45) is 4.99 Å². The van der Waals surface area contributed by atoms with E-state index in [1.54, 1.807) is 4.57 Å². The van der Waals surface area contributed by atoms with Crippen LogP contribution in [0.4, 0.5) is 0 Å². The minimum Gasteiger partial charge on any atom is -0.454 e. The molecule has 0 spiro atoms. The number of ether oxygens (including phenoxy) is 2. The molecule has 1 fully saturated rings. The number of sulfonamides is 1. The number of carbonyl (C=O) groups excluding carboxylic acids is 1. The van der Waals surface area contributed by atoms with E-state index in [1.807, 2.05) is 12.1 Å². The van der Waals surface area contributed by atoms with Crippen LogP contribution < -0.4 is 14.3 Å². The summed E-state index contributed by atoms with van der Waals surface area (Å²) in [4.78, 5) is 18.0. The molecule has 1 amide bonds. The van der Waals surface area contributed by atoms with E-state index in [2.05, 4.69) is 10.9 Å². The van der Waals surface area contributed by atoms with Gasteiger partial charge >= 0.3 is 0 Å². The summed E-state index contributed by atoms with van der Waals surface area (Å²) in [5.74, 6) is 3.27. The molecule has 1 aromatic heterocycles. The zero-order valence-electron chi connectivity index (χ0n) is 17.2. The van der Waals surface area contributed by atoms with Gasteiger partial charge in [0.1, 0.15) is 6.04 Å². The molecule has 1 saturated heterocycles. The fourth-order valence-corrected chi connectivity index (χ4v) is 6.80. The molecule has 2 aromatic carbocycles. The van der Waals surface area contributed by atoms with Crippen molar-refractivity contribution in [1.29, 1.82) is 0 Å². The van der Waals surface area contributed by atoms with Crippen LogP contribution in [0.2, 0.25) is 5.02 Å². The predicted molar refractivity (Wildman–Crippen MR) is 124 cm³/mol. The first-order valence-electron chi connectivity index (χ1n) is 10.1. The third kappa shape index (κ3) is 3.91. The third-order valence-electron chi connectivity index (χ3n) is 5.54. The smallest absolute Gasteiger partial charge is 0.266 e. The van der Waals surface area contributed by atoms with Gasteiger partial charge in [-0.05, 0) is 37.1 Å². The van der Waals surface area contributed by atoms with Gasteiger partial charge in [-0.2, -0.15) is 9.30 Å². The first-order chi connectivity index (χ1) is 15.9. The van der Waals surface area contributed by atoms with Crippen molar-refractivity contribution >= 4 is 49.1 Å². The number of nitrogens with zero attached hydrogens (tertiary/aromatic N) is 3. The second kappa shape index (κ2) is 8.50. The topological polar surface area (TPSA) is 90.2 Å². The van der Waals surface area contributed by atoms with Crippen LogP contribution >= 0.6 is 22.9 Å². The largest absolute Gasteiger partial charge is 0.454 e. The number of carbonyl (C=O) groups is 1. The van der Waals surface area contributed by atoms with Gasteiger partial charge in [0.25, 0.3) is 5.91 Å². The third-order valence-corrected chi connectivity index (χ3v) is 8.76. The highest BCUT2D eigenvalue weighted by Crippen LogP contribution is 2.37. The lowest BCUT2D eigenvalue weighted by molar-refractivity contribution is -0.121. The summed E-state index contributed by atoms with van der Waals surface area (Å²) < 4.78 is 41.0. The summed E-state index contributed by atoms with van der Waals surface area (Å²) >= 11 is 7.17. The monoisotopic (exact) mass is 503 g/mol. The van der Waals surface area contributed by atoms with Crippen molar-refractivity contribution in [2.45, 2.75) is 30.3 Å². The number of fused-ring (bicyclic) bond motifs is 2. The maximum absolute atomic E-state index is 13.2. The Morgan fingerprint density at radius 2 is 1.97 bits per heavy atom. The molecule has 0 bridgehead atoms. The molecule has 0 saturated carbocycles. The number of hydrogen-bond donors (Lipinski definition) is 0. The van der Waals surface area contributed by atoms with Gasteiger partial charge in [-0.3, -0.25) is 4.79 Å². The summed E-state index contributed by atoms with van der Waals surface area (Å²) in [5, 5.41) is 0.433. The highest BCUT2D eigenvalue weighted by atomic mass is 35.5. The predicted octanol–water partition coefficient (Wildman–Crippen LogP) is 3.00. The number of rotatable bonds is 4. The van der Waals surface area contributed by atoms with Crippen molar-refractivity contribution in [2.75, 3.05) is 13.3 Å². The Labute approximate surface area is 199 Å². The van der Waals surface area contributed by atoms with Crippen LogP contribution in [0.25, 0.3) is 10.2 Å². The van der Waals surface area contributed by atoms with Crippen LogP contribution in [-0.2, 0) is 21.4 Å².